The molecule has 0 aromatic rings. The standard InChI is InChI=1S/C18H37N5O.HI/c1-5-11-22(7-3)14-10-21-18(20-6-2)23-12-8-16(9-13-23)15-17(24)19-4;/h16H,5-15H2,1-4H3,(H,19,24)(H,20,21);1H. The van der Waals surface area contributed by atoms with Crippen LogP contribution in [-0.2, 0) is 4.79 Å². The second-order valence-electron chi connectivity index (χ2n) is 6.48. The molecule has 1 amide bonds. The number of carbonyl (C=O) groups excluding carboxylic acids is 1. The topological polar surface area (TPSA) is 60.0 Å². The first-order valence-electron chi connectivity index (χ1n) is 9.60. The van der Waals surface area contributed by atoms with Crippen LogP contribution in [0.2, 0.25) is 0 Å². The fraction of sp³-hybridized carbons (Fsp3) is 0.889. The molecule has 0 saturated carbocycles. The minimum Gasteiger partial charge on any atom is -0.359 e. The van der Waals surface area contributed by atoms with Gasteiger partial charge in [0.25, 0.3) is 0 Å². The van der Waals surface area contributed by atoms with Gasteiger partial charge in [-0.25, -0.2) is 0 Å². The molecule has 1 heterocycles. The van der Waals surface area contributed by atoms with E-state index in [1.165, 1.54) is 6.42 Å². The van der Waals surface area contributed by atoms with Gasteiger partial charge in [0.2, 0.25) is 5.91 Å². The van der Waals surface area contributed by atoms with Gasteiger partial charge in [0, 0.05) is 39.6 Å². The minimum atomic E-state index is 0. The summed E-state index contributed by atoms with van der Waals surface area (Å²) in [5, 5.41) is 6.15. The lowest BCUT2D eigenvalue weighted by atomic mass is 9.93. The van der Waals surface area contributed by atoms with Gasteiger partial charge in [-0.2, -0.15) is 0 Å². The predicted molar refractivity (Wildman–Crippen MR) is 117 cm³/mol. The zero-order valence-electron chi connectivity index (χ0n) is 16.5. The summed E-state index contributed by atoms with van der Waals surface area (Å²) in [5.41, 5.74) is 0. The van der Waals surface area contributed by atoms with Crippen LogP contribution in [0.25, 0.3) is 0 Å². The van der Waals surface area contributed by atoms with E-state index in [0.717, 1.165) is 64.6 Å². The Morgan fingerprint density at radius 3 is 2.40 bits per heavy atom. The number of hydrogen-bond donors (Lipinski definition) is 2. The third-order valence-electron chi connectivity index (χ3n) is 4.67. The number of likely N-dealkylation sites (tertiary alicyclic amines) is 1. The maximum atomic E-state index is 11.5. The van der Waals surface area contributed by atoms with Gasteiger partial charge < -0.3 is 20.4 Å². The summed E-state index contributed by atoms with van der Waals surface area (Å²) in [7, 11) is 1.71. The normalized spacial score (nSPS) is 15.9. The van der Waals surface area contributed by atoms with Gasteiger partial charge in [0.1, 0.15) is 0 Å². The third kappa shape index (κ3) is 9.63. The summed E-state index contributed by atoms with van der Waals surface area (Å²) in [5.74, 6) is 1.69. The van der Waals surface area contributed by atoms with Crippen molar-refractivity contribution in [3.8, 4) is 0 Å². The summed E-state index contributed by atoms with van der Waals surface area (Å²) in [6, 6.07) is 0. The lowest BCUT2D eigenvalue weighted by molar-refractivity contribution is -0.121. The van der Waals surface area contributed by atoms with Crippen molar-refractivity contribution in [3.63, 3.8) is 0 Å². The number of nitrogens with one attached hydrogen (secondary N) is 2. The SMILES string of the molecule is CCCN(CC)CCN=C(NCC)N1CCC(CC(=O)NC)CC1.I. The number of nitrogens with zero attached hydrogens (tertiary/aromatic N) is 3. The molecule has 0 spiro atoms. The number of amides is 1. The molecule has 25 heavy (non-hydrogen) atoms. The molecule has 1 fully saturated rings. The van der Waals surface area contributed by atoms with Gasteiger partial charge in [-0.3, -0.25) is 9.79 Å². The number of rotatable bonds is 9. The molecule has 1 rings (SSSR count). The van der Waals surface area contributed by atoms with Crippen LogP contribution in [0.1, 0.15) is 46.5 Å². The van der Waals surface area contributed by atoms with Crippen LogP contribution in [0.3, 0.4) is 0 Å². The Bertz CT molecular complexity index is 384. The van der Waals surface area contributed by atoms with E-state index in [0.29, 0.717) is 12.3 Å². The highest BCUT2D eigenvalue weighted by molar-refractivity contribution is 14.0. The Hall–Kier alpha value is -0.570. The molecule has 7 heteroatoms. The zero-order valence-corrected chi connectivity index (χ0v) is 18.8. The van der Waals surface area contributed by atoms with E-state index < -0.39 is 0 Å². The van der Waals surface area contributed by atoms with Crippen LogP contribution >= 0.6 is 24.0 Å². The first-order chi connectivity index (χ1) is 11.6. The van der Waals surface area contributed by atoms with Crippen molar-refractivity contribution >= 4 is 35.8 Å². The van der Waals surface area contributed by atoms with Gasteiger partial charge in [0.05, 0.1) is 6.54 Å². The number of piperidine rings is 1. The number of carbonyl (C=O) groups is 1. The average Bonchev–Trinajstić information content (AvgIpc) is 2.60. The fourth-order valence-electron chi connectivity index (χ4n) is 3.18. The Labute approximate surface area is 171 Å². The second kappa shape index (κ2) is 14.6. The molecule has 0 radical (unpaired) electrons. The van der Waals surface area contributed by atoms with Gasteiger partial charge in [0.15, 0.2) is 5.96 Å². The van der Waals surface area contributed by atoms with Crippen molar-refractivity contribution in [1.82, 2.24) is 20.4 Å². The highest BCUT2D eigenvalue weighted by atomic mass is 127. The van der Waals surface area contributed by atoms with Crippen molar-refractivity contribution in [1.29, 1.82) is 0 Å². The Kier molecular flexibility index (Phi) is 14.3. The lowest BCUT2D eigenvalue weighted by Crippen LogP contribution is -2.46. The number of aliphatic imine (C=N–C) groups is 1. The molecule has 0 atom stereocenters. The van der Waals surface area contributed by atoms with Crippen molar-refractivity contribution in [2.24, 2.45) is 10.9 Å². The summed E-state index contributed by atoms with van der Waals surface area (Å²) in [4.78, 5) is 21.1. The van der Waals surface area contributed by atoms with Crippen LogP contribution in [-0.4, -0.2) is 74.5 Å². The van der Waals surface area contributed by atoms with E-state index in [2.05, 4.69) is 41.2 Å². The first-order valence-corrected chi connectivity index (χ1v) is 9.60. The molecule has 0 unspecified atom stereocenters. The first kappa shape index (κ1) is 24.4. The molecule has 0 bridgehead atoms. The smallest absolute Gasteiger partial charge is 0.220 e. The number of hydrogen-bond acceptors (Lipinski definition) is 3. The molecular formula is C18H38IN5O. The van der Waals surface area contributed by atoms with E-state index in [1.54, 1.807) is 7.05 Å². The highest BCUT2D eigenvalue weighted by Crippen LogP contribution is 2.20. The molecule has 0 aromatic carbocycles. The fourth-order valence-corrected chi connectivity index (χ4v) is 3.18. The zero-order chi connectivity index (χ0) is 17.8. The Balaban J connectivity index is 0.00000576. The second-order valence-corrected chi connectivity index (χ2v) is 6.48. The molecular weight excluding hydrogens is 429 g/mol. The summed E-state index contributed by atoms with van der Waals surface area (Å²) < 4.78 is 0. The summed E-state index contributed by atoms with van der Waals surface area (Å²) in [6.45, 7) is 13.5. The number of halogens is 1. The summed E-state index contributed by atoms with van der Waals surface area (Å²) in [6.07, 6.45) is 3.97. The molecule has 1 saturated heterocycles. The largest absolute Gasteiger partial charge is 0.359 e. The molecule has 6 nitrogen and oxygen atoms in total. The van der Waals surface area contributed by atoms with Crippen LogP contribution in [0.4, 0.5) is 0 Å². The Morgan fingerprint density at radius 1 is 1.20 bits per heavy atom. The average molecular weight is 467 g/mol. The van der Waals surface area contributed by atoms with Crippen LogP contribution in [0.5, 0.6) is 0 Å². The van der Waals surface area contributed by atoms with Crippen LogP contribution < -0.4 is 10.6 Å². The molecule has 0 aliphatic carbocycles. The van der Waals surface area contributed by atoms with Crippen LogP contribution in [0, 0.1) is 5.92 Å². The van der Waals surface area contributed by atoms with Gasteiger partial charge in [-0.1, -0.05) is 13.8 Å². The van der Waals surface area contributed by atoms with E-state index in [4.69, 9.17) is 4.99 Å². The van der Waals surface area contributed by atoms with Gasteiger partial charge in [-0.05, 0) is 45.2 Å². The quantitative estimate of drug-likeness (QED) is 0.310. The lowest BCUT2D eigenvalue weighted by Gasteiger charge is -2.34. The van der Waals surface area contributed by atoms with Gasteiger partial charge >= 0.3 is 0 Å². The van der Waals surface area contributed by atoms with Crippen molar-refractivity contribution < 1.29 is 4.79 Å². The van der Waals surface area contributed by atoms with Crippen molar-refractivity contribution in [3.05, 3.63) is 0 Å². The van der Waals surface area contributed by atoms with Gasteiger partial charge in [-0.15, -0.1) is 24.0 Å². The molecule has 148 valence electrons. The molecule has 1 aliphatic heterocycles. The minimum absolute atomic E-state index is 0. The maximum absolute atomic E-state index is 11.5. The van der Waals surface area contributed by atoms with Crippen molar-refractivity contribution in [2.45, 2.75) is 46.5 Å². The van der Waals surface area contributed by atoms with Crippen LogP contribution in [0.15, 0.2) is 4.99 Å². The maximum Gasteiger partial charge on any atom is 0.220 e. The number of guanidine groups is 1. The Morgan fingerprint density at radius 2 is 1.88 bits per heavy atom. The van der Waals surface area contributed by atoms with Crippen molar-refractivity contribution in [2.75, 3.05) is 52.9 Å². The van der Waals surface area contributed by atoms with E-state index in [-0.39, 0.29) is 29.9 Å². The molecule has 1 aliphatic rings. The highest BCUT2D eigenvalue weighted by Gasteiger charge is 2.23. The monoisotopic (exact) mass is 467 g/mol. The predicted octanol–water partition coefficient (Wildman–Crippen LogP) is 2.15. The van der Waals surface area contributed by atoms with E-state index in [9.17, 15) is 4.79 Å². The number of likely N-dealkylation sites (N-methyl/N-ethyl adjacent to an activating group) is 1. The molecule has 0 aromatic heterocycles. The molecule has 2 N–H and O–H groups in total. The van der Waals surface area contributed by atoms with E-state index in [1.807, 2.05) is 0 Å². The summed E-state index contributed by atoms with van der Waals surface area (Å²) >= 11 is 0. The van der Waals surface area contributed by atoms with E-state index >= 15 is 0 Å². The third-order valence-corrected chi connectivity index (χ3v) is 4.67.